The Morgan fingerprint density at radius 2 is 1.41 bits per heavy atom. The highest BCUT2D eigenvalue weighted by Gasteiger charge is 2.14. The van der Waals surface area contributed by atoms with Crippen LogP contribution in [-0.2, 0) is 22.8 Å². The zero-order chi connectivity index (χ0) is 38.1. The summed E-state index contributed by atoms with van der Waals surface area (Å²) in [5.41, 5.74) is 13.3. The average Bonchev–Trinajstić information content (AvgIpc) is 3.20. The van der Waals surface area contributed by atoms with Gasteiger partial charge in [-0.15, -0.1) is 0 Å². The third-order valence-electron chi connectivity index (χ3n) is 8.52. The number of amides is 2. The molecule has 0 saturated heterocycles. The van der Waals surface area contributed by atoms with Gasteiger partial charge in [0.1, 0.15) is 17.1 Å². The summed E-state index contributed by atoms with van der Waals surface area (Å²) >= 11 is 1.73. The fourth-order valence-electron chi connectivity index (χ4n) is 5.52. The first-order chi connectivity index (χ1) is 26.5. The highest BCUT2D eigenvalue weighted by atomic mass is 32.2. The van der Waals surface area contributed by atoms with E-state index in [1.54, 1.807) is 40.9 Å². The fourth-order valence-corrected chi connectivity index (χ4v) is 6.20. The number of anilines is 1. The van der Waals surface area contributed by atoms with Crippen LogP contribution >= 0.6 is 11.8 Å². The van der Waals surface area contributed by atoms with E-state index in [0.29, 0.717) is 31.9 Å². The minimum Gasteiger partial charge on any atom is -0.494 e. The van der Waals surface area contributed by atoms with Crippen LogP contribution in [0.25, 0.3) is 11.1 Å². The van der Waals surface area contributed by atoms with Gasteiger partial charge in [0.2, 0.25) is 6.54 Å². The Balaban J connectivity index is 1.04. The van der Waals surface area contributed by atoms with Crippen molar-refractivity contribution in [2.45, 2.75) is 78.4 Å². The van der Waals surface area contributed by atoms with E-state index in [9.17, 15) is 9.59 Å². The minimum atomic E-state index is -0.239. The fraction of sp³-hybridized carbons (Fsp3) is 0.419. The lowest BCUT2D eigenvalue weighted by Crippen LogP contribution is -2.44. The van der Waals surface area contributed by atoms with E-state index in [0.717, 1.165) is 64.8 Å². The lowest BCUT2D eigenvalue weighted by molar-refractivity contribution is -0.684. The predicted octanol–water partition coefficient (Wildman–Crippen LogP) is 7.89. The quantitative estimate of drug-likeness (QED) is 0.0276. The van der Waals surface area contributed by atoms with E-state index < -0.39 is 0 Å². The van der Waals surface area contributed by atoms with Gasteiger partial charge in [0, 0.05) is 30.7 Å². The van der Waals surface area contributed by atoms with Gasteiger partial charge in [-0.1, -0.05) is 82.7 Å². The van der Waals surface area contributed by atoms with Gasteiger partial charge < -0.3 is 14.8 Å². The Hall–Kier alpha value is -4.58. The van der Waals surface area contributed by atoms with Crippen LogP contribution in [0.3, 0.4) is 0 Å². The molecule has 0 fully saturated rings. The van der Waals surface area contributed by atoms with Gasteiger partial charge in [-0.05, 0) is 78.1 Å². The zero-order valence-electron chi connectivity index (χ0n) is 31.9. The number of benzene rings is 3. The first-order valence-electron chi connectivity index (χ1n) is 19.3. The molecule has 0 aliphatic rings. The highest BCUT2D eigenvalue weighted by Crippen LogP contribution is 2.24. The molecule has 1 heterocycles. The molecular weight excluding hydrogens is 699 g/mol. The SMILES string of the molecule is CCCCCCOc1ccc(NNC(=O)C[n+]2cccc(C(=O)NCCSCCNOCc3cccc(-c4ccc(OCCCCCC)cc4)c3)c2)cc1. The van der Waals surface area contributed by atoms with E-state index in [4.69, 9.17) is 14.3 Å². The van der Waals surface area contributed by atoms with Gasteiger partial charge in [-0.2, -0.15) is 16.3 Å². The topological polar surface area (TPSA) is 114 Å². The normalized spacial score (nSPS) is 10.9. The van der Waals surface area contributed by atoms with E-state index in [-0.39, 0.29) is 18.4 Å². The van der Waals surface area contributed by atoms with E-state index in [1.165, 1.54) is 38.5 Å². The minimum absolute atomic E-state index is 0.0619. The number of aromatic nitrogens is 1. The van der Waals surface area contributed by atoms with Gasteiger partial charge in [0.25, 0.3) is 5.91 Å². The van der Waals surface area contributed by atoms with Crippen LogP contribution in [0.5, 0.6) is 11.5 Å². The molecule has 0 spiro atoms. The zero-order valence-corrected chi connectivity index (χ0v) is 32.8. The molecule has 54 heavy (non-hydrogen) atoms. The molecule has 11 heteroatoms. The molecule has 0 unspecified atom stereocenters. The molecule has 1 aromatic heterocycles. The molecule has 0 atom stereocenters. The maximum Gasteiger partial charge on any atom is 0.304 e. The van der Waals surface area contributed by atoms with Crippen molar-refractivity contribution < 1.29 is 28.5 Å². The van der Waals surface area contributed by atoms with Crippen molar-refractivity contribution in [3.8, 4) is 22.6 Å². The average molecular weight is 757 g/mol. The van der Waals surface area contributed by atoms with E-state index in [2.05, 4.69) is 65.8 Å². The summed E-state index contributed by atoms with van der Waals surface area (Å²) in [5, 5.41) is 2.96. The number of pyridine rings is 1. The molecule has 0 saturated carbocycles. The highest BCUT2D eigenvalue weighted by molar-refractivity contribution is 7.99. The number of thioether (sulfide) groups is 1. The molecule has 4 rings (SSSR count). The number of hydrogen-bond donors (Lipinski definition) is 4. The molecule has 4 N–H and O–H groups in total. The third kappa shape index (κ3) is 16.6. The number of carbonyl (C=O) groups is 2. The monoisotopic (exact) mass is 756 g/mol. The number of ether oxygens (including phenoxy) is 2. The number of carbonyl (C=O) groups excluding carboxylic acids is 2. The molecule has 10 nitrogen and oxygen atoms in total. The summed E-state index contributed by atoms with van der Waals surface area (Å²) in [4.78, 5) is 31.0. The Kier molecular flexibility index (Phi) is 19.9. The van der Waals surface area contributed by atoms with Gasteiger partial charge in [0.15, 0.2) is 12.4 Å². The third-order valence-corrected chi connectivity index (χ3v) is 9.50. The number of nitrogens with one attached hydrogen (secondary N) is 4. The molecule has 2 amide bonds. The van der Waals surface area contributed by atoms with Crippen LogP contribution in [0.15, 0.2) is 97.3 Å². The van der Waals surface area contributed by atoms with Crippen molar-refractivity contribution in [1.82, 2.24) is 16.2 Å². The van der Waals surface area contributed by atoms with Gasteiger partial charge in [-0.3, -0.25) is 25.3 Å². The van der Waals surface area contributed by atoms with Crippen molar-refractivity contribution in [2.75, 3.05) is 43.2 Å². The Morgan fingerprint density at radius 3 is 2.11 bits per heavy atom. The molecule has 3 aromatic carbocycles. The lowest BCUT2D eigenvalue weighted by atomic mass is 10.0. The van der Waals surface area contributed by atoms with E-state index in [1.807, 2.05) is 42.5 Å². The van der Waals surface area contributed by atoms with Crippen molar-refractivity contribution in [3.05, 3.63) is 108 Å². The smallest absolute Gasteiger partial charge is 0.304 e. The van der Waals surface area contributed by atoms with Crippen LogP contribution in [-0.4, -0.2) is 49.6 Å². The summed E-state index contributed by atoms with van der Waals surface area (Å²) < 4.78 is 13.3. The van der Waals surface area contributed by atoms with Crippen molar-refractivity contribution in [1.29, 1.82) is 0 Å². The van der Waals surface area contributed by atoms with E-state index >= 15 is 0 Å². The van der Waals surface area contributed by atoms with Crippen LogP contribution in [0, 0.1) is 0 Å². The molecule has 0 bridgehead atoms. The second-order valence-corrected chi connectivity index (χ2v) is 14.3. The molecule has 4 aromatic rings. The van der Waals surface area contributed by atoms with Gasteiger partial charge >= 0.3 is 5.91 Å². The van der Waals surface area contributed by atoms with Crippen LogP contribution in [0.1, 0.15) is 81.1 Å². The standard InChI is InChI=1S/C43H57N5O5S/c1-3-5-7-9-27-51-40-20-16-36(17-21-40)37-14-11-13-35(31-37)34-53-45-25-30-54-29-24-44-43(50)38-15-12-26-48(32-38)33-42(49)47-46-39-18-22-41(23-19-39)52-28-10-8-6-4-2/h11-23,26,31-32,45-46H,3-10,24-25,27-30,33-34H2,1-2H3,(H-,44,47,49,50)/p+1. The Labute approximate surface area is 325 Å². The van der Waals surface area contributed by atoms with Crippen LogP contribution < -0.4 is 35.7 Å². The number of rotatable bonds is 27. The summed E-state index contributed by atoms with van der Waals surface area (Å²) in [5.74, 6) is 2.91. The summed E-state index contributed by atoms with van der Waals surface area (Å²) in [6.45, 7) is 7.62. The number of hydroxylamine groups is 1. The summed E-state index contributed by atoms with van der Waals surface area (Å²) in [6, 6.07) is 27.6. The van der Waals surface area contributed by atoms with Crippen molar-refractivity contribution in [3.63, 3.8) is 0 Å². The number of hydrazine groups is 1. The van der Waals surface area contributed by atoms with Crippen molar-refractivity contribution >= 4 is 29.3 Å². The second kappa shape index (κ2) is 25.4. The number of nitrogens with zero attached hydrogens (tertiary/aromatic N) is 1. The van der Waals surface area contributed by atoms with Crippen molar-refractivity contribution in [2.24, 2.45) is 0 Å². The Bertz CT molecular complexity index is 1660. The molecule has 0 aliphatic carbocycles. The van der Waals surface area contributed by atoms with Crippen LogP contribution in [0.4, 0.5) is 5.69 Å². The molecule has 0 aliphatic heterocycles. The predicted molar refractivity (Wildman–Crippen MR) is 218 cm³/mol. The number of unbranched alkanes of at least 4 members (excludes halogenated alkanes) is 6. The number of hydrogen-bond acceptors (Lipinski definition) is 8. The van der Waals surface area contributed by atoms with Gasteiger partial charge in [-0.25, -0.2) is 5.48 Å². The first-order valence-corrected chi connectivity index (χ1v) is 20.5. The Morgan fingerprint density at radius 1 is 0.722 bits per heavy atom. The maximum atomic E-state index is 12.7. The molecule has 290 valence electrons. The van der Waals surface area contributed by atoms with Crippen LogP contribution in [0.2, 0.25) is 0 Å². The summed E-state index contributed by atoms with van der Waals surface area (Å²) in [6.07, 6.45) is 12.9. The second-order valence-electron chi connectivity index (χ2n) is 13.1. The molecule has 0 radical (unpaired) electrons. The van der Waals surface area contributed by atoms with Gasteiger partial charge in [0.05, 0.1) is 25.5 Å². The molecular formula is C43H58N5O5S+. The lowest BCUT2D eigenvalue weighted by Gasteiger charge is -2.10. The first kappa shape index (κ1) is 42.2. The largest absolute Gasteiger partial charge is 0.494 e. The summed E-state index contributed by atoms with van der Waals surface area (Å²) in [7, 11) is 0. The maximum absolute atomic E-state index is 12.7.